The summed E-state index contributed by atoms with van der Waals surface area (Å²) >= 11 is 0. The molecule has 1 aromatic rings. The van der Waals surface area contributed by atoms with E-state index < -0.39 is 5.97 Å². The minimum Gasteiger partial charge on any atom is -0.481 e. The Morgan fingerprint density at radius 1 is 1.69 bits per heavy atom. The molecule has 0 fully saturated rings. The van der Waals surface area contributed by atoms with E-state index in [1.807, 2.05) is 6.92 Å². The van der Waals surface area contributed by atoms with E-state index in [1.54, 1.807) is 0 Å². The molecular formula is C8H11N3O2. The number of aryl methyl sites for hydroxylation is 1. The zero-order valence-corrected chi connectivity index (χ0v) is 7.32. The number of anilines is 1. The van der Waals surface area contributed by atoms with Crippen molar-refractivity contribution < 1.29 is 9.90 Å². The van der Waals surface area contributed by atoms with E-state index in [0.29, 0.717) is 17.7 Å². The topological polar surface area (TPSA) is 89.1 Å². The molecule has 0 unspecified atom stereocenters. The number of carboxylic acid groups (broad SMARTS) is 1. The molecule has 0 aliphatic rings. The number of rotatable bonds is 3. The molecular weight excluding hydrogens is 170 g/mol. The summed E-state index contributed by atoms with van der Waals surface area (Å²) in [5.74, 6) is -0.700. The van der Waals surface area contributed by atoms with Crippen LogP contribution >= 0.6 is 0 Å². The minimum absolute atomic E-state index is 0.0521. The van der Waals surface area contributed by atoms with Crippen molar-refractivity contribution in [1.29, 1.82) is 0 Å². The summed E-state index contributed by atoms with van der Waals surface area (Å²) in [5.41, 5.74) is 6.70. The van der Waals surface area contributed by atoms with Gasteiger partial charge >= 0.3 is 5.97 Å². The third-order valence-electron chi connectivity index (χ3n) is 1.65. The second-order valence-corrected chi connectivity index (χ2v) is 2.62. The van der Waals surface area contributed by atoms with E-state index >= 15 is 0 Å². The molecule has 0 aromatic carbocycles. The molecule has 0 aliphatic carbocycles. The Labute approximate surface area is 75.6 Å². The normalized spacial score (nSPS) is 9.92. The monoisotopic (exact) mass is 181 g/mol. The van der Waals surface area contributed by atoms with Crippen LogP contribution in [0.2, 0.25) is 0 Å². The second-order valence-electron chi connectivity index (χ2n) is 2.62. The van der Waals surface area contributed by atoms with Crippen LogP contribution in [0.4, 0.5) is 5.95 Å². The molecule has 0 bridgehead atoms. The summed E-state index contributed by atoms with van der Waals surface area (Å²) in [4.78, 5) is 18.1. The minimum atomic E-state index is -0.886. The van der Waals surface area contributed by atoms with Gasteiger partial charge in [-0.25, -0.2) is 9.97 Å². The van der Waals surface area contributed by atoms with Crippen LogP contribution in [0, 0.1) is 0 Å². The van der Waals surface area contributed by atoms with Crippen molar-refractivity contribution in [2.75, 3.05) is 5.73 Å². The number of nitrogens with two attached hydrogens (primary N) is 1. The fourth-order valence-electron chi connectivity index (χ4n) is 1.07. The van der Waals surface area contributed by atoms with Gasteiger partial charge in [-0.2, -0.15) is 0 Å². The Morgan fingerprint density at radius 3 is 2.92 bits per heavy atom. The van der Waals surface area contributed by atoms with Crippen molar-refractivity contribution in [2.45, 2.75) is 19.8 Å². The van der Waals surface area contributed by atoms with Crippen LogP contribution in [-0.2, 0) is 17.6 Å². The quantitative estimate of drug-likeness (QED) is 0.697. The molecule has 3 N–H and O–H groups in total. The van der Waals surface area contributed by atoms with Crippen molar-refractivity contribution in [3.8, 4) is 0 Å². The molecule has 1 aromatic heterocycles. The third kappa shape index (κ3) is 2.40. The molecule has 0 amide bonds. The number of nitrogens with zero attached hydrogens (tertiary/aromatic N) is 2. The molecule has 5 nitrogen and oxygen atoms in total. The van der Waals surface area contributed by atoms with Crippen LogP contribution in [0.3, 0.4) is 0 Å². The van der Waals surface area contributed by atoms with Gasteiger partial charge in [0.2, 0.25) is 5.95 Å². The maximum atomic E-state index is 10.4. The predicted molar refractivity (Wildman–Crippen MR) is 47.2 cm³/mol. The molecule has 0 spiro atoms. The first kappa shape index (κ1) is 9.44. The molecule has 1 rings (SSSR count). The summed E-state index contributed by atoms with van der Waals surface area (Å²) in [7, 11) is 0. The first-order valence-corrected chi connectivity index (χ1v) is 3.95. The summed E-state index contributed by atoms with van der Waals surface area (Å²) in [6, 6.07) is 0. The highest BCUT2D eigenvalue weighted by Gasteiger charge is 2.07. The highest BCUT2D eigenvalue weighted by Crippen LogP contribution is 2.07. The Kier molecular flexibility index (Phi) is 2.79. The Morgan fingerprint density at radius 2 is 2.38 bits per heavy atom. The van der Waals surface area contributed by atoms with Gasteiger partial charge in [-0.05, 0) is 6.42 Å². The number of nitrogen functional groups attached to an aromatic ring is 1. The standard InChI is InChI=1S/C8H11N3O2/c1-2-6-5(3-7(12)13)4-10-8(9)11-6/h4H,2-3H2,1H3,(H,12,13)(H2,9,10,11). The molecule has 0 radical (unpaired) electrons. The van der Waals surface area contributed by atoms with Gasteiger partial charge in [-0.15, -0.1) is 0 Å². The Hall–Kier alpha value is -1.65. The van der Waals surface area contributed by atoms with E-state index in [1.165, 1.54) is 6.20 Å². The van der Waals surface area contributed by atoms with Crippen molar-refractivity contribution >= 4 is 11.9 Å². The van der Waals surface area contributed by atoms with Crippen LogP contribution in [0.15, 0.2) is 6.20 Å². The predicted octanol–water partition coefficient (Wildman–Crippen LogP) is 0.248. The maximum Gasteiger partial charge on any atom is 0.307 e. The Balaban J connectivity index is 2.99. The maximum absolute atomic E-state index is 10.4. The fourth-order valence-corrected chi connectivity index (χ4v) is 1.07. The molecule has 0 aliphatic heterocycles. The van der Waals surface area contributed by atoms with E-state index in [9.17, 15) is 4.79 Å². The zero-order valence-electron chi connectivity index (χ0n) is 7.32. The number of hydrogen-bond acceptors (Lipinski definition) is 4. The third-order valence-corrected chi connectivity index (χ3v) is 1.65. The number of aliphatic carboxylic acids is 1. The first-order valence-electron chi connectivity index (χ1n) is 3.95. The van der Waals surface area contributed by atoms with Gasteiger partial charge in [0.1, 0.15) is 0 Å². The van der Waals surface area contributed by atoms with Crippen molar-refractivity contribution in [2.24, 2.45) is 0 Å². The van der Waals surface area contributed by atoms with Crippen LogP contribution < -0.4 is 5.73 Å². The summed E-state index contributed by atoms with van der Waals surface area (Å²) < 4.78 is 0. The van der Waals surface area contributed by atoms with Crippen molar-refractivity contribution in [3.63, 3.8) is 0 Å². The van der Waals surface area contributed by atoms with Gasteiger partial charge in [-0.1, -0.05) is 6.92 Å². The summed E-state index contributed by atoms with van der Waals surface area (Å²) in [6.07, 6.45) is 2.08. The lowest BCUT2D eigenvalue weighted by molar-refractivity contribution is -0.136. The van der Waals surface area contributed by atoms with E-state index in [2.05, 4.69) is 9.97 Å². The Bertz CT molecular complexity index is 325. The highest BCUT2D eigenvalue weighted by molar-refractivity contribution is 5.70. The van der Waals surface area contributed by atoms with Gasteiger partial charge in [0.05, 0.1) is 6.42 Å². The highest BCUT2D eigenvalue weighted by atomic mass is 16.4. The second kappa shape index (κ2) is 3.84. The summed E-state index contributed by atoms with van der Waals surface area (Å²) in [5, 5.41) is 8.57. The van der Waals surface area contributed by atoms with Gasteiger partial charge < -0.3 is 10.8 Å². The zero-order chi connectivity index (χ0) is 9.84. The van der Waals surface area contributed by atoms with Crippen LogP contribution in [0.1, 0.15) is 18.2 Å². The van der Waals surface area contributed by atoms with Crippen molar-refractivity contribution in [3.05, 3.63) is 17.5 Å². The SMILES string of the molecule is CCc1nc(N)ncc1CC(=O)O. The number of hydrogen-bond donors (Lipinski definition) is 2. The van der Waals surface area contributed by atoms with Gasteiger partial charge in [-0.3, -0.25) is 4.79 Å². The first-order chi connectivity index (χ1) is 6.13. The lowest BCUT2D eigenvalue weighted by Crippen LogP contribution is -2.07. The van der Waals surface area contributed by atoms with Crippen molar-refractivity contribution in [1.82, 2.24) is 9.97 Å². The molecule has 0 saturated carbocycles. The lowest BCUT2D eigenvalue weighted by Gasteiger charge is -2.03. The van der Waals surface area contributed by atoms with E-state index in [-0.39, 0.29) is 12.4 Å². The van der Waals surface area contributed by atoms with Gasteiger partial charge in [0.25, 0.3) is 0 Å². The molecule has 0 saturated heterocycles. The molecule has 0 atom stereocenters. The average Bonchev–Trinajstić information content (AvgIpc) is 2.07. The average molecular weight is 181 g/mol. The van der Waals surface area contributed by atoms with Crippen LogP contribution in [0.5, 0.6) is 0 Å². The van der Waals surface area contributed by atoms with Crippen LogP contribution in [0.25, 0.3) is 0 Å². The fraction of sp³-hybridized carbons (Fsp3) is 0.375. The number of aromatic nitrogens is 2. The number of carboxylic acids is 1. The smallest absolute Gasteiger partial charge is 0.307 e. The lowest BCUT2D eigenvalue weighted by atomic mass is 10.1. The molecule has 13 heavy (non-hydrogen) atoms. The van der Waals surface area contributed by atoms with Crippen LogP contribution in [-0.4, -0.2) is 21.0 Å². The number of carbonyl (C=O) groups is 1. The van der Waals surface area contributed by atoms with E-state index in [4.69, 9.17) is 10.8 Å². The van der Waals surface area contributed by atoms with Gasteiger partial charge in [0.15, 0.2) is 0 Å². The van der Waals surface area contributed by atoms with Gasteiger partial charge in [0, 0.05) is 17.5 Å². The molecule has 1 heterocycles. The summed E-state index contributed by atoms with van der Waals surface area (Å²) in [6.45, 7) is 1.90. The largest absolute Gasteiger partial charge is 0.481 e. The van der Waals surface area contributed by atoms with E-state index in [0.717, 1.165) is 0 Å². The molecule has 70 valence electrons. The molecule has 5 heteroatoms.